The van der Waals surface area contributed by atoms with E-state index >= 15 is 0 Å². The van der Waals surface area contributed by atoms with E-state index in [4.69, 9.17) is 0 Å². The Balaban J connectivity index is 1.72. The van der Waals surface area contributed by atoms with Crippen molar-refractivity contribution < 1.29 is 0 Å². The van der Waals surface area contributed by atoms with Gasteiger partial charge in [0.2, 0.25) is 0 Å². The van der Waals surface area contributed by atoms with Gasteiger partial charge in [0.15, 0.2) is 0 Å². The van der Waals surface area contributed by atoms with Gasteiger partial charge in [-0.3, -0.25) is 0 Å². The van der Waals surface area contributed by atoms with Gasteiger partial charge in [0.25, 0.3) is 0 Å². The maximum atomic E-state index is 3.65. The lowest BCUT2D eigenvalue weighted by molar-refractivity contribution is 0.632. The van der Waals surface area contributed by atoms with Gasteiger partial charge in [-0.2, -0.15) is 0 Å². The molecule has 3 heteroatoms. The van der Waals surface area contributed by atoms with Gasteiger partial charge in [0.1, 0.15) is 0 Å². The highest BCUT2D eigenvalue weighted by Crippen LogP contribution is 2.28. The molecular formula is C14H14BrNS. The Bertz CT molecular complexity index is 520. The van der Waals surface area contributed by atoms with E-state index in [1.54, 1.807) is 0 Å². The van der Waals surface area contributed by atoms with E-state index in [0.29, 0.717) is 6.04 Å². The van der Waals surface area contributed by atoms with Crippen LogP contribution in [0, 0.1) is 0 Å². The molecule has 0 bridgehead atoms. The molecule has 1 aliphatic heterocycles. The number of aryl methyl sites for hydroxylation is 1. The lowest BCUT2D eigenvalue weighted by Gasteiger charge is -2.26. The summed E-state index contributed by atoms with van der Waals surface area (Å²) in [7, 11) is 0. The molecule has 0 saturated carbocycles. The first-order valence-corrected chi connectivity index (χ1v) is 7.51. The van der Waals surface area contributed by atoms with E-state index in [9.17, 15) is 0 Å². The quantitative estimate of drug-likeness (QED) is 0.862. The van der Waals surface area contributed by atoms with Crippen molar-refractivity contribution in [3.05, 3.63) is 50.6 Å². The summed E-state index contributed by atoms with van der Waals surface area (Å²) in [6.07, 6.45) is 3.55. The molecule has 1 atom stereocenters. The Morgan fingerprint density at radius 1 is 1.24 bits per heavy atom. The number of hydrogen-bond donors (Lipinski definition) is 1. The predicted molar refractivity (Wildman–Crippen MR) is 77.9 cm³/mol. The molecule has 1 aliphatic rings. The molecule has 0 fully saturated rings. The molecule has 0 amide bonds. The minimum Gasteiger partial charge on any atom is -0.382 e. The zero-order valence-corrected chi connectivity index (χ0v) is 11.9. The highest BCUT2D eigenvalue weighted by atomic mass is 79.9. The van der Waals surface area contributed by atoms with Crippen LogP contribution in [0.3, 0.4) is 0 Å². The average molecular weight is 308 g/mol. The molecule has 0 saturated heterocycles. The van der Waals surface area contributed by atoms with Crippen LogP contribution >= 0.6 is 27.3 Å². The van der Waals surface area contributed by atoms with Gasteiger partial charge < -0.3 is 5.32 Å². The summed E-state index contributed by atoms with van der Waals surface area (Å²) < 4.78 is 1.23. The summed E-state index contributed by atoms with van der Waals surface area (Å²) in [6, 6.07) is 13.6. The second-order valence-corrected chi connectivity index (χ2v) is 6.99. The number of halogens is 1. The van der Waals surface area contributed by atoms with Gasteiger partial charge in [-0.05, 0) is 52.5 Å². The lowest BCUT2D eigenvalue weighted by Crippen LogP contribution is -2.27. The van der Waals surface area contributed by atoms with Gasteiger partial charge in [-0.25, -0.2) is 0 Å². The number of nitrogens with one attached hydrogen (secondary N) is 1. The number of anilines is 1. The van der Waals surface area contributed by atoms with Crippen molar-refractivity contribution in [2.45, 2.75) is 25.3 Å². The lowest BCUT2D eigenvalue weighted by atomic mass is 9.96. The molecule has 17 heavy (non-hydrogen) atoms. The average Bonchev–Trinajstić information content (AvgIpc) is 2.75. The molecule has 0 aliphatic carbocycles. The Morgan fingerprint density at radius 3 is 2.94 bits per heavy atom. The van der Waals surface area contributed by atoms with Crippen molar-refractivity contribution in [2.24, 2.45) is 0 Å². The Hall–Kier alpha value is -0.800. The third kappa shape index (κ3) is 2.55. The van der Waals surface area contributed by atoms with Crippen molar-refractivity contribution in [3.8, 4) is 0 Å². The first-order valence-electron chi connectivity index (χ1n) is 5.90. The van der Waals surface area contributed by atoms with Crippen LogP contribution in [0.15, 0.2) is 40.2 Å². The SMILES string of the molecule is Brc1ccc(CC2CCc3ccccc3N2)s1. The number of rotatable bonds is 2. The highest BCUT2D eigenvalue weighted by molar-refractivity contribution is 9.11. The highest BCUT2D eigenvalue weighted by Gasteiger charge is 2.17. The molecule has 1 nitrogen and oxygen atoms in total. The summed E-state index contributed by atoms with van der Waals surface area (Å²) in [5.74, 6) is 0. The van der Waals surface area contributed by atoms with Crippen LogP contribution in [0.5, 0.6) is 0 Å². The number of hydrogen-bond acceptors (Lipinski definition) is 2. The molecule has 0 spiro atoms. The summed E-state index contributed by atoms with van der Waals surface area (Å²) in [6.45, 7) is 0. The standard InChI is InChI=1S/C14H14BrNS/c15-14-8-7-12(17-14)9-11-6-5-10-3-1-2-4-13(10)16-11/h1-4,7-8,11,16H,5-6,9H2. The molecule has 1 aromatic heterocycles. The van der Waals surface area contributed by atoms with Crippen molar-refractivity contribution >= 4 is 33.0 Å². The molecule has 0 radical (unpaired) electrons. The fraction of sp³-hybridized carbons (Fsp3) is 0.286. The van der Waals surface area contributed by atoms with Crippen LogP contribution in [0.2, 0.25) is 0 Å². The number of benzene rings is 1. The van der Waals surface area contributed by atoms with Gasteiger partial charge in [-0.15, -0.1) is 11.3 Å². The largest absolute Gasteiger partial charge is 0.382 e. The van der Waals surface area contributed by atoms with Crippen LogP contribution in [0.25, 0.3) is 0 Å². The Morgan fingerprint density at radius 2 is 2.12 bits per heavy atom. The molecule has 1 unspecified atom stereocenters. The van der Waals surface area contributed by atoms with Crippen LogP contribution in [-0.2, 0) is 12.8 Å². The van der Waals surface area contributed by atoms with E-state index in [-0.39, 0.29) is 0 Å². The fourth-order valence-corrected chi connectivity index (χ4v) is 3.92. The maximum absolute atomic E-state index is 3.65. The molecular weight excluding hydrogens is 294 g/mol. The fourth-order valence-electron chi connectivity index (χ4n) is 2.36. The van der Waals surface area contributed by atoms with Crippen LogP contribution in [0.1, 0.15) is 16.9 Å². The molecule has 1 aromatic carbocycles. The van der Waals surface area contributed by atoms with Crippen LogP contribution in [-0.4, -0.2) is 6.04 Å². The molecule has 2 heterocycles. The van der Waals surface area contributed by atoms with Gasteiger partial charge >= 0.3 is 0 Å². The van der Waals surface area contributed by atoms with Crippen LogP contribution in [0.4, 0.5) is 5.69 Å². The first kappa shape index (κ1) is 11.3. The molecule has 1 N–H and O–H groups in total. The zero-order chi connectivity index (χ0) is 11.7. The van der Waals surface area contributed by atoms with Crippen molar-refractivity contribution in [1.29, 1.82) is 0 Å². The normalized spacial score (nSPS) is 18.5. The third-order valence-corrected chi connectivity index (χ3v) is 4.86. The zero-order valence-electron chi connectivity index (χ0n) is 9.45. The third-order valence-electron chi connectivity index (χ3n) is 3.22. The van der Waals surface area contributed by atoms with Crippen molar-refractivity contribution in [2.75, 3.05) is 5.32 Å². The van der Waals surface area contributed by atoms with Gasteiger partial charge in [-0.1, -0.05) is 18.2 Å². The van der Waals surface area contributed by atoms with Gasteiger partial charge in [0.05, 0.1) is 3.79 Å². The predicted octanol–water partition coefficient (Wildman–Crippen LogP) is 4.48. The van der Waals surface area contributed by atoms with E-state index in [1.165, 1.54) is 32.8 Å². The number of thiophene rings is 1. The second kappa shape index (κ2) is 4.83. The summed E-state index contributed by atoms with van der Waals surface area (Å²) in [5, 5.41) is 3.65. The van der Waals surface area contributed by atoms with E-state index < -0.39 is 0 Å². The Labute approximate surface area is 114 Å². The molecule has 3 rings (SSSR count). The van der Waals surface area contributed by atoms with E-state index in [0.717, 1.165) is 6.42 Å². The topological polar surface area (TPSA) is 12.0 Å². The summed E-state index contributed by atoms with van der Waals surface area (Å²) >= 11 is 5.36. The summed E-state index contributed by atoms with van der Waals surface area (Å²) in [4.78, 5) is 1.45. The smallest absolute Gasteiger partial charge is 0.0701 e. The Kier molecular flexibility index (Phi) is 3.21. The molecule has 88 valence electrons. The van der Waals surface area contributed by atoms with Crippen molar-refractivity contribution in [3.63, 3.8) is 0 Å². The summed E-state index contributed by atoms with van der Waals surface area (Å²) in [5.41, 5.74) is 2.77. The molecule has 2 aromatic rings. The monoisotopic (exact) mass is 307 g/mol. The van der Waals surface area contributed by atoms with Crippen molar-refractivity contribution in [1.82, 2.24) is 0 Å². The van der Waals surface area contributed by atoms with E-state index in [1.807, 2.05) is 11.3 Å². The first-order chi connectivity index (χ1) is 8.31. The second-order valence-electron chi connectivity index (χ2n) is 4.45. The minimum absolute atomic E-state index is 0.579. The maximum Gasteiger partial charge on any atom is 0.0701 e. The van der Waals surface area contributed by atoms with E-state index in [2.05, 4.69) is 57.6 Å². The number of fused-ring (bicyclic) bond motifs is 1. The van der Waals surface area contributed by atoms with Crippen LogP contribution < -0.4 is 5.32 Å². The van der Waals surface area contributed by atoms with Gasteiger partial charge in [0, 0.05) is 23.0 Å². The minimum atomic E-state index is 0.579. The number of para-hydroxylation sites is 1.